The van der Waals surface area contributed by atoms with Crippen molar-refractivity contribution in [2.75, 3.05) is 6.61 Å². The van der Waals surface area contributed by atoms with Crippen LogP contribution in [0.15, 0.2) is 36.4 Å². The second kappa shape index (κ2) is 6.70. The number of para-hydroxylation sites is 2. The standard InChI is InChI=1S/C14H11NO4S/c16-9-3-4-11-7-8-12(20-11)10-19-14-6-2-1-5-13(14)15(17)18/h1-2,5-8,16H,9-10H2. The first-order valence-corrected chi connectivity index (χ1v) is 6.57. The van der Waals surface area contributed by atoms with Gasteiger partial charge in [-0.05, 0) is 18.2 Å². The van der Waals surface area contributed by atoms with E-state index >= 15 is 0 Å². The average Bonchev–Trinajstić information content (AvgIpc) is 2.91. The van der Waals surface area contributed by atoms with E-state index in [0.29, 0.717) is 0 Å². The lowest BCUT2D eigenvalue weighted by atomic mass is 10.3. The Morgan fingerprint density at radius 3 is 2.85 bits per heavy atom. The number of ether oxygens (including phenoxy) is 1. The van der Waals surface area contributed by atoms with Crippen molar-refractivity contribution in [3.8, 4) is 17.6 Å². The van der Waals surface area contributed by atoms with Crippen molar-refractivity contribution in [1.29, 1.82) is 0 Å². The summed E-state index contributed by atoms with van der Waals surface area (Å²) in [7, 11) is 0. The fourth-order valence-electron chi connectivity index (χ4n) is 1.53. The molecule has 0 aliphatic rings. The number of hydrogen-bond acceptors (Lipinski definition) is 5. The van der Waals surface area contributed by atoms with E-state index in [1.165, 1.54) is 17.4 Å². The molecule has 102 valence electrons. The number of aliphatic hydroxyl groups is 1. The summed E-state index contributed by atoms with van der Waals surface area (Å²) in [6.07, 6.45) is 0. The van der Waals surface area contributed by atoms with Crippen LogP contribution in [0.4, 0.5) is 5.69 Å². The predicted octanol–water partition coefficient (Wildman–Crippen LogP) is 2.58. The Labute approximate surface area is 119 Å². The first kappa shape index (κ1) is 14.1. The van der Waals surface area contributed by atoms with Gasteiger partial charge in [-0.1, -0.05) is 24.0 Å². The van der Waals surface area contributed by atoms with Crippen LogP contribution in [0.5, 0.6) is 5.75 Å². The van der Waals surface area contributed by atoms with E-state index in [1.807, 2.05) is 12.1 Å². The lowest BCUT2D eigenvalue weighted by Crippen LogP contribution is -1.97. The number of nitro groups is 1. The zero-order valence-corrected chi connectivity index (χ0v) is 11.2. The minimum atomic E-state index is -0.470. The van der Waals surface area contributed by atoms with Crippen molar-refractivity contribution >= 4 is 17.0 Å². The van der Waals surface area contributed by atoms with Gasteiger partial charge in [-0.25, -0.2) is 0 Å². The van der Waals surface area contributed by atoms with Crippen LogP contribution in [0.2, 0.25) is 0 Å². The highest BCUT2D eigenvalue weighted by atomic mass is 32.1. The molecule has 0 radical (unpaired) electrons. The first-order chi connectivity index (χ1) is 9.70. The maximum Gasteiger partial charge on any atom is 0.310 e. The zero-order valence-electron chi connectivity index (χ0n) is 10.4. The van der Waals surface area contributed by atoms with Crippen LogP contribution in [0.3, 0.4) is 0 Å². The number of nitro benzene ring substituents is 1. The van der Waals surface area contributed by atoms with Gasteiger partial charge in [0.15, 0.2) is 5.75 Å². The third-order valence-electron chi connectivity index (χ3n) is 2.38. The summed E-state index contributed by atoms with van der Waals surface area (Å²) in [6.45, 7) is 0.0657. The number of hydrogen-bond donors (Lipinski definition) is 1. The van der Waals surface area contributed by atoms with Crippen molar-refractivity contribution in [3.63, 3.8) is 0 Å². The summed E-state index contributed by atoms with van der Waals surface area (Å²) in [5, 5.41) is 19.5. The Kier molecular flexibility index (Phi) is 4.71. The van der Waals surface area contributed by atoms with Gasteiger partial charge in [-0.2, -0.15) is 0 Å². The third kappa shape index (κ3) is 3.57. The van der Waals surface area contributed by atoms with E-state index in [1.54, 1.807) is 18.2 Å². The van der Waals surface area contributed by atoms with Crippen LogP contribution in [0.1, 0.15) is 9.75 Å². The minimum Gasteiger partial charge on any atom is -0.481 e. The van der Waals surface area contributed by atoms with Crippen LogP contribution in [-0.2, 0) is 6.61 Å². The molecule has 0 saturated carbocycles. The smallest absolute Gasteiger partial charge is 0.310 e. The molecule has 2 rings (SSSR count). The summed E-state index contributed by atoms with van der Waals surface area (Å²) in [5.74, 6) is 5.60. The molecule has 0 atom stereocenters. The van der Waals surface area contributed by atoms with Gasteiger partial charge in [-0.3, -0.25) is 10.1 Å². The van der Waals surface area contributed by atoms with Crippen LogP contribution in [-0.4, -0.2) is 16.6 Å². The monoisotopic (exact) mass is 289 g/mol. The van der Waals surface area contributed by atoms with Crippen molar-refractivity contribution in [2.24, 2.45) is 0 Å². The molecular weight excluding hydrogens is 278 g/mol. The molecular formula is C14H11NO4S. The first-order valence-electron chi connectivity index (χ1n) is 5.75. The molecule has 0 bridgehead atoms. The zero-order chi connectivity index (χ0) is 14.4. The van der Waals surface area contributed by atoms with Gasteiger partial charge in [0, 0.05) is 10.9 Å². The summed E-state index contributed by atoms with van der Waals surface area (Å²) in [4.78, 5) is 12.1. The van der Waals surface area contributed by atoms with Crippen LogP contribution in [0, 0.1) is 22.0 Å². The Bertz CT molecular complexity index is 669. The van der Waals surface area contributed by atoms with Gasteiger partial charge in [0.1, 0.15) is 13.2 Å². The van der Waals surface area contributed by atoms with E-state index in [4.69, 9.17) is 9.84 Å². The molecule has 0 saturated heterocycles. The van der Waals surface area contributed by atoms with Gasteiger partial charge in [0.05, 0.1) is 9.80 Å². The molecule has 20 heavy (non-hydrogen) atoms. The Morgan fingerprint density at radius 2 is 2.10 bits per heavy atom. The van der Waals surface area contributed by atoms with Gasteiger partial charge >= 0.3 is 5.69 Å². The predicted molar refractivity (Wildman–Crippen MR) is 75.7 cm³/mol. The van der Waals surface area contributed by atoms with E-state index in [2.05, 4.69) is 11.8 Å². The van der Waals surface area contributed by atoms with Gasteiger partial charge in [0.2, 0.25) is 0 Å². The fraction of sp³-hybridized carbons (Fsp3) is 0.143. The highest BCUT2D eigenvalue weighted by molar-refractivity contribution is 7.12. The molecule has 1 N–H and O–H groups in total. The molecule has 0 unspecified atom stereocenters. The molecule has 5 nitrogen and oxygen atoms in total. The quantitative estimate of drug-likeness (QED) is 0.533. The lowest BCUT2D eigenvalue weighted by molar-refractivity contribution is -0.385. The summed E-state index contributed by atoms with van der Waals surface area (Å²) >= 11 is 1.43. The molecule has 1 aromatic carbocycles. The largest absolute Gasteiger partial charge is 0.481 e. The van der Waals surface area contributed by atoms with Gasteiger partial charge in [-0.15, -0.1) is 11.3 Å². The van der Waals surface area contributed by atoms with E-state index in [-0.39, 0.29) is 24.7 Å². The molecule has 0 amide bonds. The summed E-state index contributed by atoms with van der Waals surface area (Å²) in [6, 6.07) is 9.93. The number of aliphatic hydroxyl groups excluding tert-OH is 1. The molecule has 6 heteroatoms. The molecule has 0 aliphatic heterocycles. The second-order valence-electron chi connectivity index (χ2n) is 3.74. The Morgan fingerprint density at radius 1 is 1.30 bits per heavy atom. The summed E-state index contributed by atoms with van der Waals surface area (Å²) in [5.41, 5.74) is -0.0515. The Balaban J connectivity index is 2.05. The molecule has 2 aromatic rings. The lowest BCUT2D eigenvalue weighted by Gasteiger charge is -2.04. The van der Waals surface area contributed by atoms with Crippen molar-refractivity contribution in [1.82, 2.24) is 0 Å². The third-order valence-corrected chi connectivity index (χ3v) is 3.36. The number of thiophene rings is 1. The van der Waals surface area contributed by atoms with Gasteiger partial charge in [0.25, 0.3) is 0 Å². The molecule has 1 aromatic heterocycles. The van der Waals surface area contributed by atoms with Crippen molar-refractivity contribution in [2.45, 2.75) is 6.61 Å². The Hall–Kier alpha value is -2.36. The highest BCUT2D eigenvalue weighted by Gasteiger charge is 2.13. The summed E-state index contributed by atoms with van der Waals surface area (Å²) < 4.78 is 5.47. The highest BCUT2D eigenvalue weighted by Crippen LogP contribution is 2.27. The molecule has 0 spiro atoms. The second-order valence-corrected chi connectivity index (χ2v) is 4.91. The van der Waals surface area contributed by atoms with Crippen LogP contribution in [0.25, 0.3) is 0 Å². The normalized spacial score (nSPS) is 9.65. The van der Waals surface area contributed by atoms with Crippen LogP contribution < -0.4 is 4.74 Å². The van der Waals surface area contributed by atoms with Crippen LogP contribution >= 0.6 is 11.3 Å². The number of benzene rings is 1. The SMILES string of the molecule is O=[N+]([O-])c1ccccc1OCc1ccc(C#CCO)s1. The van der Waals surface area contributed by atoms with E-state index in [9.17, 15) is 10.1 Å². The van der Waals surface area contributed by atoms with E-state index in [0.717, 1.165) is 9.75 Å². The maximum atomic E-state index is 10.8. The maximum absolute atomic E-state index is 10.8. The van der Waals surface area contributed by atoms with E-state index < -0.39 is 4.92 Å². The molecule has 0 aliphatic carbocycles. The number of nitrogens with zero attached hydrogens (tertiary/aromatic N) is 1. The van der Waals surface area contributed by atoms with Gasteiger partial charge < -0.3 is 9.84 Å². The van der Waals surface area contributed by atoms with Crippen molar-refractivity contribution in [3.05, 3.63) is 56.3 Å². The topological polar surface area (TPSA) is 72.6 Å². The average molecular weight is 289 g/mol. The number of rotatable bonds is 4. The molecule has 0 fully saturated rings. The molecule has 1 heterocycles. The fourth-order valence-corrected chi connectivity index (χ4v) is 2.32. The van der Waals surface area contributed by atoms with Crippen molar-refractivity contribution < 1.29 is 14.8 Å². The minimum absolute atomic E-state index is 0.0515.